The average Bonchev–Trinajstić information content (AvgIpc) is 2.52. The zero-order chi connectivity index (χ0) is 16.8. The van der Waals surface area contributed by atoms with Gasteiger partial charge in [-0.25, -0.2) is 8.42 Å². The molecule has 2 heterocycles. The van der Waals surface area contributed by atoms with E-state index in [1.54, 1.807) is 7.05 Å². The van der Waals surface area contributed by atoms with Crippen molar-refractivity contribution in [3.05, 3.63) is 29.3 Å². The predicted octanol–water partition coefficient (Wildman–Crippen LogP) is 0.0135. The quantitative estimate of drug-likeness (QED) is 0.747. The third kappa shape index (κ3) is 2.82. The molecule has 124 valence electrons. The van der Waals surface area contributed by atoms with Gasteiger partial charge in [0.1, 0.15) is 6.04 Å². The molecule has 0 saturated carbocycles. The first kappa shape index (κ1) is 16.2. The van der Waals surface area contributed by atoms with E-state index in [4.69, 9.17) is 11.6 Å². The fourth-order valence-electron chi connectivity index (χ4n) is 2.87. The lowest BCUT2D eigenvalue weighted by Gasteiger charge is -2.44. The maximum Gasteiger partial charge on any atom is 0.246 e. The van der Waals surface area contributed by atoms with Gasteiger partial charge in [0.2, 0.25) is 21.8 Å². The summed E-state index contributed by atoms with van der Waals surface area (Å²) in [6.07, 6.45) is 0. The lowest BCUT2D eigenvalue weighted by molar-refractivity contribution is -0.156. The zero-order valence-corrected chi connectivity index (χ0v) is 14.0. The summed E-state index contributed by atoms with van der Waals surface area (Å²) in [5.41, 5.74) is 0. The van der Waals surface area contributed by atoms with Crippen molar-refractivity contribution in [2.75, 3.05) is 33.2 Å². The molecule has 23 heavy (non-hydrogen) atoms. The van der Waals surface area contributed by atoms with Gasteiger partial charge in [0.25, 0.3) is 0 Å². The number of nitrogens with zero attached hydrogens (tertiary/aromatic N) is 3. The van der Waals surface area contributed by atoms with Crippen LogP contribution in [-0.4, -0.2) is 73.6 Å². The highest BCUT2D eigenvalue weighted by molar-refractivity contribution is 7.89. The Hall–Kier alpha value is -1.64. The Morgan fingerprint density at radius 3 is 2.43 bits per heavy atom. The second-order valence-electron chi connectivity index (χ2n) is 5.61. The number of benzene rings is 1. The molecule has 1 aromatic carbocycles. The Morgan fingerprint density at radius 2 is 1.78 bits per heavy atom. The van der Waals surface area contributed by atoms with Gasteiger partial charge < -0.3 is 9.80 Å². The van der Waals surface area contributed by atoms with E-state index < -0.39 is 16.1 Å². The van der Waals surface area contributed by atoms with Crippen molar-refractivity contribution in [1.82, 2.24) is 14.1 Å². The lowest BCUT2D eigenvalue weighted by atomic mass is 10.1. The number of amides is 2. The van der Waals surface area contributed by atoms with Gasteiger partial charge in [-0.2, -0.15) is 4.31 Å². The first-order chi connectivity index (χ1) is 10.8. The lowest BCUT2D eigenvalue weighted by Crippen LogP contribution is -2.66. The van der Waals surface area contributed by atoms with Gasteiger partial charge in [-0.1, -0.05) is 11.6 Å². The SMILES string of the molecule is CN1CC(=O)N2CCN(S(=O)(=O)c3ccc(Cl)cc3)C[C@@H]2C1=O. The summed E-state index contributed by atoms with van der Waals surface area (Å²) in [6.45, 7) is 0.402. The number of fused-ring (bicyclic) bond motifs is 1. The van der Waals surface area contributed by atoms with Crippen molar-refractivity contribution < 1.29 is 18.0 Å². The van der Waals surface area contributed by atoms with Gasteiger partial charge in [-0.3, -0.25) is 9.59 Å². The second kappa shape index (κ2) is 5.77. The molecule has 0 N–H and O–H groups in total. The van der Waals surface area contributed by atoms with E-state index in [0.717, 1.165) is 0 Å². The summed E-state index contributed by atoms with van der Waals surface area (Å²) < 4.78 is 26.6. The molecule has 0 unspecified atom stereocenters. The van der Waals surface area contributed by atoms with E-state index in [-0.39, 0.29) is 42.9 Å². The van der Waals surface area contributed by atoms with Crippen molar-refractivity contribution in [3.63, 3.8) is 0 Å². The predicted molar refractivity (Wildman–Crippen MR) is 83.3 cm³/mol. The molecule has 0 aliphatic carbocycles. The van der Waals surface area contributed by atoms with Gasteiger partial charge in [0.15, 0.2) is 0 Å². The molecule has 2 aliphatic rings. The minimum Gasteiger partial charge on any atom is -0.335 e. The number of rotatable bonds is 2. The van der Waals surface area contributed by atoms with Crippen molar-refractivity contribution in [2.24, 2.45) is 0 Å². The number of halogens is 1. The molecule has 3 rings (SSSR count). The van der Waals surface area contributed by atoms with Crippen LogP contribution in [0.2, 0.25) is 5.02 Å². The largest absolute Gasteiger partial charge is 0.335 e. The Balaban J connectivity index is 1.86. The smallest absolute Gasteiger partial charge is 0.246 e. The van der Waals surface area contributed by atoms with E-state index in [0.29, 0.717) is 5.02 Å². The molecule has 9 heteroatoms. The van der Waals surface area contributed by atoms with Crippen molar-refractivity contribution in [1.29, 1.82) is 0 Å². The minimum absolute atomic E-state index is 0.0279. The molecule has 7 nitrogen and oxygen atoms in total. The molecule has 2 fully saturated rings. The Kier molecular flexibility index (Phi) is 4.07. The standard InChI is InChI=1S/C14H16ClN3O4S/c1-16-9-13(19)18-7-6-17(8-12(18)14(16)20)23(21,22)11-4-2-10(15)3-5-11/h2-5,12H,6-9H2,1H3/t12-/m1/s1. The first-order valence-electron chi connectivity index (χ1n) is 7.11. The molecule has 2 aliphatic heterocycles. The Labute approximate surface area is 139 Å². The maximum atomic E-state index is 12.7. The van der Waals surface area contributed by atoms with Crippen molar-refractivity contribution in [2.45, 2.75) is 10.9 Å². The van der Waals surface area contributed by atoms with Crippen LogP contribution in [0.4, 0.5) is 0 Å². The molecule has 0 radical (unpaired) electrons. The van der Waals surface area contributed by atoms with E-state index in [1.165, 1.54) is 38.4 Å². The summed E-state index contributed by atoms with van der Waals surface area (Å²) in [6, 6.07) is 5.13. The molecule has 0 spiro atoms. The van der Waals surface area contributed by atoms with Crippen LogP contribution < -0.4 is 0 Å². The zero-order valence-electron chi connectivity index (χ0n) is 12.5. The number of carbonyl (C=O) groups excluding carboxylic acids is 2. The van der Waals surface area contributed by atoms with E-state index >= 15 is 0 Å². The number of carbonyl (C=O) groups is 2. The van der Waals surface area contributed by atoms with Crippen LogP contribution in [0.15, 0.2) is 29.2 Å². The van der Waals surface area contributed by atoms with Gasteiger partial charge in [-0.05, 0) is 24.3 Å². The highest BCUT2D eigenvalue weighted by Gasteiger charge is 2.44. The summed E-state index contributed by atoms with van der Waals surface area (Å²) in [5, 5.41) is 0.448. The molecule has 1 aromatic rings. The summed E-state index contributed by atoms with van der Waals surface area (Å²) >= 11 is 5.79. The summed E-state index contributed by atoms with van der Waals surface area (Å²) in [4.78, 5) is 27.2. The normalized spacial score (nSPS) is 23.1. The fourth-order valence-corrected chi connectivity index (χ4v) is 4.43. The maximum absolute atomic E-state index is 12.7. The third-order valence-corrected chi connectivity index (χ3v) is 6.28. The van der Waals surface area contributed by atoms with E-state index in [9.17, 15) is 18.0 Å². The van der Waals surface area contributed by atoms with Crippen molar-refractivity contribution in [3.8, 4) is 0 Å². The van der Waals surface area contributed by atoms with E-state index in [2.05, 4.69) is 0 Å². The van der Waals surface area contributed by atoms with Crippen LogP contribution >= 0.6 is 11.6 Å². The second-order valence-corrected chi connectivity index (χ2v) is 7.99. The highest BCUT2D eigenvalue weighted by Crippen LogP contribution is 2.24. The van der Waals surface area contributed by atoms with Gasteiger partial charge in [-0.15, -0.1) is 0 Å². The van der Waals surface area contributed by atoms with Crippen LogP contribution in [-0.2, 0) is 19.6 Å². The van der Waals surface area contributed by atoms with Crippen LogP contribution in [0, 0.1) is 0 Å². The summed E-state index contributed by atoms with van der Waals surface area (Å²) in [7, 11) is -2.18. The van der Waals surface area contributed by atoms with Gasteiger partial charge in [0.05, 0.1) is 11.4 Å². The molecular weight excluding hydrogens is 342 g/mol. The molecule has 0 bridgehead atoms. The van der Waals surface area contributed by atoms with Crippen LogP contribution in [0.25, 0.3) is 0 Å². The molecule has 1 atom stereocenters. The number of piperazine rings is 2. The topological polar surface area (TPSA) is 78.0 Å². The number of sulfonamides is 1. The Morgan fingerprint density at radius 1 is 1.13 bits per heavy atom. The molecule has 0 aromatic heterocycles. The first-order valence-corrected chi connectivity index (χ1v) is 8.92. The third-order valence-electron chi connectivity index (χ3n) is 4.15. The minimum atomic E-state index is -3.72. The van der Waals surface area contributed by atoms with Gasteiger partial charge in [0, 0.05) is 31.7 Å². The Bertz CT molecular complexity index is 750. The molecule has 2 saturated heterocycles. The van der Waals surface area contributed by atoms with Crippen LogP contribution in [0.3, 0.4) is 0 Å². The molecular formula is C14H16ClN3O4S. The average molecular weight is 358 g/mol. The van der Waals surface area contributed by atoms with Crippen LogP contribution in [0.1, 0.15) is 0 Å². The monoisotopic (exact) mass is 357 g/mol. The van der Waals surface area contributed by atoms with E-state index in [1.807, 2.05) is 0 Å². The number of likely N-dealkylation sites (N-methyl/N-ethyl adjacent to an activating group) is 1. The number of hydrogen-bond acceptors (Lipinski definition) is 4. The molecule has 2 amide bonds. The number of hydrogen-bond donors (Lipinski definition) is 0. The van der Waals surface area contributed by atoms with Crippen molar-refractivity contribution >= 4 is 33.4 Å². The van der Waals surface area contributed by atoms with Gasteiger partial charge >= 0.3 is 0 Å². The van der Waals surface area contributed by atoms with Crippen LogP contribution in [0.5, 0.6) is 0 Å². The summed E-state index contributed by atoms with van der Waals surface area (Å²) in [5.74, 6) is -0.388. The highest BCUT2D eigenvalue weighted by atomic mass is 35.5. The fraction of sp³-hybridized carbons (Fsp3) is 0.429.